The highest BCUT2D eigenvalue weighted by atomic mass is 32.1. The summed E-state index contributed by atoms with van der Waals surface area (Å²) in [6.45, 7) is 0. The maximum Gasteiger partial charge on any atom is 0.160 e. The maximum atomic E-state index is 5.26. The van der Waals surface area contributed by atoms with E-state index in [1.165, 1.54) is 48.9 Å². The van der Waals surface area contributed by atoms with Crippen molar-refractivity contribution in [1.82, 2.24) is 9.97 Å². The van der Waals surface area contributed by atoms with Crippen molar-refractivity contribution in [1.29, 1.82) is 0 Å². The largest absolute Gasteiger partial charge is 0.226 e. The number of hydrogen-bond acceptors (Lipinski definition) is 3. The van der Waals surface area contributed by atoms with Crippen LogP contribution in [0.2, 0.25) is 0 Å². The van der Waals surface area contributed by atoms with E-state index < -0.39 is 0 Å². The standard InChI is InChI=1S/C44H28N2S/c1-3-9-29(10-4-1)32-17-22-35(23-18-32)44-45-41(34-20-15-33(16-21-34)37-24-19-31-13-7-8-14-36(31)27-37)43-42(46-44)39-26-25-38(28-40(39)47-43)30-11-5-2-6-12-30/h1-28H. The van der Waals surface area contributed by atoms with Crippen molar-refractivity contribution in [2.24, 2.45) is 0 Å². The number of aromatic nitrogens is 2. The summed E-state index contributed by atoms with van der Waals surface area (Å²) < 4.78 is 2.31. The first kappa shape index (κ1) is 27.4. The van der Waals surface area contributed by atoms with Crippen molar-refractivity contribution in [3.63, 3.8) is 0 Å². The molecular formula is C44H28N2S. The fraction of sp³-hybridized carbons (Fsp3) is 0. The molecule has 0 amide bonds. The van der Waals surface area contributed by atoms with Gasteiger partial charge in [-0.15, -0.1) is 11.3 Å². The van der Waals surface area contributed by atoms with Crippen molar-refractivity contribution in [3.05, 3.63) is 170 Å². The van der Waals surface area contributed by atoms with Crippen LogP contribution >= 0.6 is 11.3 Å². The number of benzene rings is 7. The molecule has 0 unspecified atom stereocenters. The molecule has 0 saturated heterocycles. The minimum absolute atomic E-state index is 0.734. The summed E-state index contributed by atoms with van der Waals surface area (Å²) in [4.78, 5) is 10.5. The number of rotatable bonds is 5. The van der Waals surface area contributed by atoms with Crippen LogP contribution in [0.1, 0.15) is 0 Å². The predicted octanol–water partition coefficient (Wildman–Crippen LogP) is 12.3. The van der Waals surface area contributed by atoms with Gasteiger partial charge in [0.1, 0.15) is 0 Å². The third-order valence-corrected chi connectivity index (χ3v) is 10.1. The highest BCUT2D eigenvalue weighted by molar-refractivity contribution is 7.26. The molecule has 2 aromatic heterocycles. The molecule has 2 heterocycles. The van der Waals surface area contributed by atoms with Crippen molar-refractivity contribution >= 4 is 42.4 Å². The molecule has 0 N–H and O–H groups in total. The van der Waals surface area contributed by atoms with E-state index in [4.69, 9.17) is 9.97 Å². The van der Waals surface area contributed by atoms with Crippen molar-refractivity contribution in [2.75, 3.05) is 0 Å². The third-order valence-electron chi connectivity index (χ3n) is 8.91. The lowest BCUT2D eigenvalue weighted by Gasteiger charge is -2.09. The van der Waals surface area contributed by atoms with Gasteiger partial charge in [0.15, 0.2) is 5.82 Å². The molecule has 0 bridgehead atoms. The summed E-state index contributed by atoms with van der Waals surface area (Å²) in [6.07, 6.45) is 0. The Hall–Kier alpha value is -5.90. The van der Waals surface area contributed by atoms with E-state index >= 15 is 0 Å². The number of thiophene rings is 1. The van der Waals surface area contributed by atoms with Crippen molar-refractivity contribution < 1.29 is 0 Å². The van der Waals surface area contributed by atoms with Crippen molar-refractivity contribution in [3.8, 4) is 56.0 Å². The summed E-state index contributed by atoms with van der Waals surface area (Å²) >= 11 is 1.77. The second-order valence-electron chi connectivity index (χ2n) is 11.8. The lowest BCUT2D eigenvalue weighted by Crippen LogP contribution is -1.94. The van der Waals surface area contributed by atoms with Crippen LogP contribution in [0.15, 0.2) is 170 Å². The molecule has 0 aliphatic heterocycles. The summed E-state index contributed by atoms with van der Waals surface area (Å²) in [6, 6.07) is 60.3. The molecule has 47 heavy (non-hydrogen) atoms. The van der Waals surface area contributed by atoms with Crippen LogP contribution in [0.4, 0.5) is 0 Å². The van der Waals surface area contributed by atoms with E-state index in [-0.39, 0.29) is 0 Å². The summed E-state index contributed by atoms with van der Waals surface area (Å²) in [7, 11) is 0. The fourth-order valence-electron chi connectivity index (χ4n) is 6.41. The molecule has 9 aromatic rings. The van der Waals surface area contributed by atoms with Gasteiger partial charge in [-0.1, -0.05) is 158 Å². The first-order valence-electron chi connectivity index (χ1n) is 15.8. The lowest BCUT2D eigenvalue weighted by molar-refractivity contribution is 1.24. The van der Waals surface area contributed by atoms with Gasteiger partial charge in [0.2, 0.25) is 0 Å². The average Bonchev–Trinajstić information content (AvgIpc) is 3.53. The minimum Gasteiger partial charge on any atom is -0.226 e. The summed E-state index contributed by atoms with van der Waals surface area (Å²) in [5.74, 6) is 0.734. The topological polar surface area (TPSA) is 25.8 Å². The zero-order valence-corrected chi connectivity index (χ0v) is 26.3. The Morgan fingerprint density at radius 1 is 0.362 bits per heavy atom. The first-order valence-corrected chi connectivity index (χ1v) is 16.6. The first-order chi connectivity index (χ1) is 23.3. The smallest absolute Gasteiger partial charge is 0.160 e. The second-order valence-corrected chi connectivity index (χ2v) is 12.9. The van der Waals surface area contributed by atoms with Gasteiger partial charge in [0, 0.05) is 21.2 Å². The van der Waals surface area contributed by atoms with Crippen LogP contribution in [-0.4, -0.2) is 9.97 Å². The average molecular weight is 617 g/mol. The maximum absolute atomic E-state index is 5.26. The van der Waals surface area contributed by atoms with Crippen LogP contribution in [0, 0.1) is 0 Å². The molecule has 2 nitrogen and oxygen atoms in total. The second kappa shape index (κ2) is 11.5. The van der Waals surface area contributed by atoms with Gasteiger partial charge < -0.3 is 0 Å². The van der Waals surface area contributed by atoms with Gasteiger partial charge in [-0.25, -0.2) is 9.97 Å². The van der Waals surface area contributed by atoms with E-state index in [1.807, 2.05) is 6.07 Å². The van der Waals surface area contributed by atoms with Crippen LogP contribution in [0.25, 0.3) is 87.1 Å². The summed E-state index contributed by atoms with van der Waals surface area (Å²) in [5.41, 5.74) is 11.2. The Kier molecular flexibility index (Phi) is 6.69. The molecule has 0 radical (unpaired) electrons. The molecule has 0 aliphatic carbocycles. The van der Waals surface area contributed by atoms with E-state index in [0.29, 0.717) is 0 Å². The van der Waals surface area contributed by atoms with Crippen molar-refractivity contribution in [2.45, 2.75) is 0 Å². The normalized spacial score (nSPS) is 11.4. The predicted molar refractivity (Wildman–Crippen MR) is 200 cm³/mol. The van der Waals surface area contributed by atoms with E-state index in [1.54, 1.807) is 11.3 Å². The zero-order valence-electron chi connectivity index (χ0n) is 25.5. The van der Waals surface area contributed by atoms with Crippen LogP contribution < -0.4 is 0 Å². The third kappa shape index (κ3) is 5.07. The molecule has 220 valence electrons. The fourth-order valence-corrected chi connectivity index (χ4v) is 7.60. The van der Waals surface area contributed by atoms with Gasteiger partial charge in [-0.05, 0) is 56.3 Å². The Morgan fingerprint density at radius 2 is 0.872 bits per heavy atom. The zero-order chi connectivity index (χ0) is 31.2. The molecule has 0 atom stereocenters. The molecule has 0 aliphatic rings. The minimum atomic E-state index is 0.734. The van der Waals surface area contributed by atoms with Gasteiger partial charge in [0.05, 0.1) is 15.9 Å². The van der Waals surface area contributed by atoms with E-state index in [0.717, 1.165) is 38.2 Å². The van der Waals surface area contributed by atoms with Crippen LogP contribution in [0.3, 0.4) is 0 Å². The molecule has 0 fully saturated rings. The van der Waals surface area contributed by atoms with Gasteiger partial charge >= 0.3 is 0 Å². The number of fused-ring (bicyclic) bond motifs is 4. The molecule has 0 saturated carbocycles. The quantitative estimate of drug-likeness (QED) is 0.192. The lowest BCUT2D eigenvalue weighted by atomic mass is 9.99. The molecule has 3 heteroatoms. The van der Waals surface area contributed by atoms with E-state index in [2.05, 4.69) is 164 Å². The van der Waals surface area contributed by atoms with Gasteiger partial charge in [0.25, 0.3) is 0 Å². The Morgan fingerprint density at radius 3 is 1.60 bits per heavy atom. The Bertz CT molecular complexity index is 2530. The monoisotopic (exact) mass is 616 g/mol. The molecule has 0 spiro atoms. The Labute approximate surface area is 277 Å². The number of hydrogen-bond donors (Lipinski definition) is 0. The SMILES string of the molecule is c1ccc(-c2ccc(-c3nc(-c4ccc(-c5ccc6ccccc6c5)cc4)c4sc5cc(-c6ccccc6)ccc5c4n3)cc2)cc1. The highest BCUT2D eigenvalue weighted by Gasteiger charge is 2.17. The molecule has 9 rings (SSSR count). The molecular weight excluding hydrogens is 589 g/mol. The number of nitrogens with zero attached hydrogens (tertiary/aromatic N) is 2. The van der Waals surface area contributed by atoms with Crippen LogP contribution in [0.5, 0.6) is 0 Å². The summed E-state index contributed by atoms with van der Waals surface area (Å²) in [5, 5.41) is 3.65. The van der Waals surface area contributed by atoms with Gasteiger partial charge in [-0.3, -0.25) is 0 Å². The van der Waals surface area contributed by atoms with Crippen LogP contribution in [-0.2, 0) is 0 Å². The van der Waals surface area contributed by atoms with Gasteiger partial charge in [-0.2, -0.15) is 0 Å². The molecule has 7 aromatic carbocycles. The Balaban J connectivity index is 1.18. The van der Waals surface area contributed by atoms with E-state index in [9.17, 15) is 0 Å². The highest BCUT2D eigenvalue weighted by Crippen LogP contribution is 2.41.